The lowest BCUT2D eigenvalue weighted by molar-refractivity contribution is 0.345. The molecule has 3 unspecified atom stereocenters. The minimum atomic E-state index is 0.386. The van der Waals surface area contributed by atoms with Crippen LogP contribution in [0.4, 0.5) is 0 Å². The second-order valence-corrected chi connectivity index (χ2v) is 8.45. The molecule has 3 atom stereocenters. The van der Waals surface area contributed by atoms with Crippen LogP contribution >= 0.6 is 23.5 Å². The van der Waals surface area contributed by atoms with Gasteiger partial charge in [0.15, 0.2) is 0 Å². The molecule has 0 aromatic heterocycles. The third kappa shape index (κ3) is 5.01. The molecule has 2 N–H and O–H groups in total. The zero-order valence-electron chi connectivity index (χ0n) is 10.5. The van der Waals surface area contributed by atoms with Crippen molar-refractivity contribution in [3.8, 4) is 0 Å². The topological polar surface area (TPSA) is 26.0 Å². The van der Waals surface area contributed by atoms with Gasteiger partial charge in [0.2, 0.25) is 0 Å². The summed E-state index contributed by atoms with van der Waals surface area (Å²) in [5.41, 5.74) is 6.74. The fourth-order valence-corrected chi connectivity index (χ4v) is 4.82. The molecule has 0 aromatic carbocycles. The molecule has 1 aliphatic heterocycles. The Morgan fingerprint density at radius 3 is 2.40 bits per heavy atom. The molecular weight excluding hydrogens is 222 g/mol. The van der Waals surface area contributed by atoms with Crippen LogP contribution in [-0.4, -0.2) is 28.0 Å². The normalized spacial score (nSPS) is 30.2. The van der Waals surface area contributed by atoms with Crippen LogP contribution in [-0.2, 0) is 0 Å². The van der Waals surface area contributed by atoms with E-state index in [2.05, 4.69) is 51.2 Å². The van der Waals surface area contributed by atoms with Crippen molar-refractivity contribution in [1.82, 2.24) is 0 Å². The minimum Gasteiger partial charge on any atom is -0.327 e. The molecular formula is C12H25NS2. The maximum Gasteiger partial charge on any atom is 0.0315 e. The Kier molecular flexibility index (Phi) is 5.33. The first-order chi connectivity index (χ1) is 6.90. The van der Waals surface area contributed by atoms with Crippen molar-refractivity contribution in [2.24, 2.45) is 11.1 Å². The van der Waals surface area contributed by atoms with E-state index in [1.54, 1.807) is 0 Å². The van der Waals surface area contributed by atoms with Crippen molar-refractivity contribution < 1.29 is 0 Å². The van der Waals surface area contributed by atoms with Crippen molar-refractivity contribution in [2.45, 2.75) is 57.1 Å². The molecule has 1 fully saturated rings. The SMILES string of the molecule is CC1SCCSC1C(N)CCC(C)(C)C. The Bertz CT molecular complexity index is 189. The maximum atomic E-state index is 6.31. The maximum absolute atomic E-state index is 6.31. The molecule has 1 aliphatic rings. The van der Waals surface area contributed by atoms with Gasteiger partial charge in [-0.15, -0.1) is 0 Å². The fraction of sp³-hybridized carbons (Fsp3) is 1.00. The summed E-state index contributed by atoms with van der Waals surface area (Å²) in [6.45, 7) is 9.22. The van der Waals surface area contributed by atoms with Crippen LogP contribution in [0.5, 0.6) is 0 Å². The molecule has 1 rings (SSSR count). The highest BCUT2D eigenvalue weighted by Gasteiger charge is 2.28. The molecule has 0 aromatic rings. The van der Waals surface area contributed by atoms with Gasteiger partial charge < -0.3 is 5.73 Å². The van der Waals surface area contributed by atoms with Gasteiger partial charge in [0, 0.05) is 28.0 Å². The summed E-state index contributed by atoms with van der Waals surface area (Å²) in [7, 11) is 0. The summed E-state index contributed by atoms with van der Waals surface area (Å²) in [6, 6.07) is 0.386. The monoisotopic (exact) mass is 247 g/mol. The molecule has 0 radical (unpaired) electrons. The third-order valence-corrected chi connectivity index (χ3v) is 6.16. The number of rotatable bonds is 3. The molecule has 1 heterocycles. The van der Waals surface area contributed by atoms with Crippen LogP contribution in [0.1, 0.15) is 40.5 Å². The lowest BCUT2D eigenvalue weighted by atomic mass is 9.88. The van der Waals surface area contributed by atoms with Crippen molar-refractivity contribution >= 4 is 23.5 Å². The van der Waals surface area contributed by atoms with Gasteiger partial charge in [-0.05, 0) is 18.3 Å². The Balaban J connectivity index is 2.35. The van der Waals surface area contributed by atoms with Crippen LogP contribution in [0.15, 0.2) is 0 Å². The molecule has 0 amide bonds. The first-order valence-electron chi connectivity index (χ1n) is 5.89. The highest BCUT2D eigenvalue weighted by atomic mass is 32.2. The molecule has 3 heteroatoms. The quantitative estimate of drug-likeness (QED) is 0.828. The molecule has 1 saturated heterocycles. The van der Waals surface area contributed by atoms with Crippen molar-refractivity contribution in [3.05, 3.63) is 0 Å². The molecule has 0 bridgehead atoms. The Labute approximate surface area is 103 Å². The van der Waals surface area contributed by atoms with Gasteiger partial charge in [0.05, 0.1) is 0 Å². The second kappa shape index (κ2) is 5.83. The van der Waals surface area contributed by atoms with Gasteiger partial charge in [-0.3, -0.25) is 0 Å². The van der Waals surface area contributed by atoms with Crippen LogP contribution in [0.3, 0.4) is 0 Å². The van der Waals surface area contributed by atoms with Crippen molar-refractivity contribution in [3.63, 3.8) is 0 Å². The average Bonchev–Trinajstić information content (AvgIpc) is 2.14. The van der Waals surface area contributed by atoms with Crippen LogP contribution < -0.4 is 5.73 Å². The van der Waals surface area contributed by atoms with Gasteiger partial charge in [0.1, 0.15) is 0 Å². The van der Waals surface area contributed by atoms with E-state index >= 15 is 0 Å². The second-order valence-electron chi connectivity index (χ2n) is 5.67. The van der Waals surface area contributed by atoms with E-state index in [-0.39, 0.29) is 0 Å². The van der Waals surface area contributed by atoms with Gasteiger partial charge in [0.25, 0.3) is 0 Å². The highest BCUT2D eigenvalue weighted by molar-refractivity contribution is 8.07. The zero-order valence-corrected chi connectivity index (χ0v) is 12.1. The highest BCUT2D eigenvalue weighted by Crippen LogP contribution is 2.34. The van der Waals surface area contributed by atoms with E-state index in [0.29, 0.717) is 16.7 Å². The van der Waals surface area contributed by atoms with E-state index in [1.165, 1.54) is 24.3 Å². The summed E-state index contributed by atoms with van der Waals surface area (Å²) in [4.78, 5) is 0. The van der Waals surface area contributed by atoms with E-state index < -0.39 is 0 Å². The van der Waals surface area contributed by atoms with Crippen molar-refractivity contribution in [2.75, 3.05) is 11.5 Å². The van der Waals surface area contributed by atoms with Gasteiger partial charge >= 0.3 is 0 Å². The third-order valence-electron chi connectivity index (χ3n) is 2.89. The van der Waals surface area contributed by atoms with Crippen LogP contribution in [0.2, 0.25) is 0 Å². The molecule has 15 heavy (non-hydrogen) atoms. The van der Waals surface area contributed by atoms with E-state index in [0.717, 1.165) is 5.25 Å². The Hall–Kier alpha value is 0.660. The van der Waals surface area contributed by atoms with E-state index in [1.807, 2.05) is 0 Å². The summed E-state index contributed by atoms with van der Waals surface area (Å²) < 4.78 is 0. The van der Waals surface area contributed by atoms with E-state index in [4.69, 9.17) is 5.73 Å². The van der Waals surface area contributed by atoms with E-state index in [9.17, 15) is 0 Å². The standard InChI is InChI=1S/C12H25NS2/c1-9-11(15-8-7-14-9)10(13)5-6-12(2,3)4/h9-11H,5-8,13H2,1-4H3. The molecule has 0 saturated carbocycles. The smallest absolute Gasteiger partial charge is 0.0315 e. The van der Waals surface area contributed by atoms with Gasteiger partial charge in [-0.2, -0.15) is 23.5 Å². The van der Waals surface area contributed by atoms with Crippen molar-refractivity contribution in [1.29, 1.82) is 0 Å². The predicted molar refractivity (Wildman–Crippen MR) is 74.8 cm³/mol. The lowest BCUT2D eigenvalue weighted by Crippen LogP contribution is -2.41. The summed E-state index contributed by atoms with van der Waals surface area (Å²) in [5.74, 6) is 2.58. The molecule has 0 aliphatic carbocycles. The first kappa shape index (κ1) is 13.7. The minimum absolute atomic E-state index is 0.386. The van der Waals surface area contributed by atoms with Crippen LogP contribution in [0.25, 0.3) is 0 Å². The zero-order chi connectivity index (χ0) is 11.5. The summed E-state index contributed by atoms with van der Waals surface area (Å²) >= 11 is 4.17. The predicted octanol–water partition coefficient (Wildman–Crippen LogP) is 3.38. The molecule has 0 spiro atoms. The van der Waals surface area contributed by atoms with Crippen LogP contribution in [0, 0.1) is 5.41 Å². The number of nitrogens with two attached hydrogens (primary N) is 1. The Morgan fingerprint density at radius 1 is 1.27 bits per heavy atom. The molecule has 1 nitrogen and oxygen atoms in total. The average molecular weight is 247 g/mol. The number of hydrogen-bond donors (Lipinski definition) is 1. The Morgan fingerprint density at radius 2 is 1.87 bits per heavy atom. The van der Waals surface area contributed by atoms with Gasteiger partial charge in [-0.1, -0.05) is 27.7 Å². The molecule has 90 valence electrons. The first-order valence-corrected chi connectivity index (χ1v) is 7.99. The largest absolute Gasteiger partial charge is 0.327 e. The fourth-order valence-electron chi connectivity index (χ4n) is 1.88. The number of hydrogen-bond acceptors (Lipinski definition) is 3. The summed E-state index contributed by atoms with van der Waals surface area (Å²) in [6.07, 6.45) is 2.41. The van der Waals surface area contributed by atoms with Gasteiger partial charge in [-0.25, -0.2) is 0 Å². The number of thioether (sulfide) groups is 2. The summed E-state index contributed by atoms with van der Waals surface area (Å²) in [5, 5.41) is 1.41. The lowest BCUT2D eigenvalue weighted by Gasteiger charge is -2.33.